The Morgan fingerprint density at radius 1 is 0.886 bits per heavy atom. The third-order valence-electron chi connectivity index (χ3n) is 7.47. The molecule has 6 nitrogen and oxygen atoms in total. The molecular weight excluding hydrogens is 436 g/mol. The van der Waals surface area contributed by atoms with Crippen molar-refractivity contribution in [3.05, 3.63) is 59.8 Å². The Bertz CT molecular complexity index is 919. The van der Waals surface area contributed by atoms with Crippen molar-refractivity contribution >= 4 is 11.6 Å². The van der Waals surface area contributed by atoms with E-state index in [4.69, 9.17) is 4.74 Å². The molecule has 190 valence electrons. The van der Waals surface area contributed by atoms with Gasteiger partial charge in [-0.3, -0.25) is 9.69 Å². The Kier molecular flexibility index (Phi) is 8.91. The zero-order valence-corrected chi connectivity index (χ0v) is 21.8. The van der Waals surface area contributed by atoms with Crippen LogP contribution in [0, 0.1) is 5.92 Å². The summed E-state index contributed by atoms with van der Waals surface area (Å²) in [5.74, 6) is 1.77. The molecule has 0 atom stereocenters. The Balaban J connectivity index is 1.13. The molecular formula is C29H42N4O2. The highest BCUT2D eigenvalue weighted by Gasteiger charge is 2.22. The van der Waals surface area contributed by atoms with E-state index in [2.05, 4.69) is 69.9 Å². The van der Waals surface area contributed by atoms with Gasteiger partial charge in [-0.15, -0.1) is 0 Å². The molecule has 2 fully saturated rings. The Labute approximate surface area is 211 Å². The topological polar surface area (TPSA) is 39.3 Å². The molecule has 0 bridgehead atoms. The minimum Gasteiger partial charge on any atom is -0.497 e. The summed E-state index contributed by atoms with van der Waals surface area (Å²) in [5, 5.41) is 0. The number of ether oxygens (including phenoxy) is 1. The lowest BCUT2D eigenvalue weighted by Crippen LogP contribution is -2.48. The number of allylic oxidation sites excluding steroid dienone is 5. The summed E-state index contributed by atoms with van der Waals surface area (Å²) in [5.41, 5.74) is 3.97. The van der Waals surface area contributed by atoms with E-state index in [1.165, 1.54) is 17.0 Å². The van der Waals surface area contributed by atoms with E-state index in [0.717, 1.165) is 77.5 Å². The molecule has 0 N–H and O–H groups in total. The fraction of sp³-hybridized carbons (Fsp3) is 0.552. The largest absolute Gasteiger partial charge is 0.497 e. The standard InChI is InChI=1S/C29H42N4O2/c1-24(2)25-6-4-7-26(10-9-25)32-20-22-33(23-21-32)29(34)8-5-15-30-16-18-31(19-17-30)27-11-13-28(35-3)14-12-27/h6-7,9-14,24H,4-5,8,15-23H2,1-3H3. The first-order valence-corrected chi connectivity index (χ1v) is 13.3. The van der Waals surface area contributed by atoms with Crippen molar-refractivity contribution in [2.24, 2.45) is 5.92 Å². The molecule has 0 radical (unpaired) electrons. The van der Waals surface area contributed by atoms with Crippen LogP contribution in [0.5, 0.6) is 5.75 Å². The number of methoxy groups -OCH3 is 1. The molecule has 1 amide bonds. The molecule has 0 unspecified atom stereocenters. The van der Waals surface area contributed by atoms with Crippen molar-refractivity contribution in [1.29, 1.82) is 0 Å². The lowest BCUT2D eigenvalue weighted by molar-refractivity contribution is -0.132. The Morgan fingerprint density at radius 2 is 1.57 bits per heavy atom. The van der Waals surface area contributed by atoms with Crippen LogP contribution in [0.4, 0.5) is 5.69 Å². The summed E-state index contributed by atoms with van der Waals surface area (Å²) in [6.45, 7) is 13.2. The number of benzene rings is 1. The van der Waals surface area contributed by atoms with Crippen LogP contribution in [0.25, 0.3) is 0 Å². The maximum Gasteiger partial charge on any atom is 0.222 e. The number of hydrogen-bond acceptors (Lipinski definition) is 5. The van der Waals surface area contributed by atoms with E-state index in [-0.39, 0.29) is 0 Å². The molecule has 1 aromatic carbocycles. The molecule has 2 aliphatic heterocycles. The molecule has 3 aliphatic rings. The molecule has 0 aromatic heterocycles. The number of carbonyl (C=O) groups is 1. The summed E-state index contributed by atoms with van der Waals surface area (Å²) in [4.78, 5) is 22.2. The van der Waals surface area contributed by atoms with Gasteiger partial charge < -0.3 is 19.4 Å². The van der Waals surface area contributed by atoms with E-state index in [0.29, 0.717) is 18.2 Å². The molecule has 6 heteroatoms. The zero-order chi connectivity index (χ0) is 24.6. The third kappa shape index (κ3) is 6.91. The number of carbonyl (C=O) groups excluding carboxylic acids is 1. The number of anilines is 1. The maximum absolute atomic E-state index is 12.8. The summed E-state index contributed by atoms with van der Waals surface area (Å²) in [6, 6.07) is 8.32. The highest BCUT2D eigenvalue weighted by Crippen LogP contribution is 2.22. The molecule has 4 rings (SSSR count). The van der Waals surface area contributed by atoms with Crippen molar-refractivity contribution in [3.8, 4) is 5.75 Å². The van der Waals surface area contributed by atoms with Gasteiger partial charge in [0.15, 0.2) is 0 Å². The lowest BCUT2D eigenvalue weighted by atomic mass is 10.0. The summed E-state index contributed by atoms with van der Waals surface area (Å²) >= 11 is 0. The fourth-order valence-corrected chi connectivity index (χ4v) is 5.14. The normalized spacial score (nSPS) is 19.5. The smallest absolute Gasteiger partial charge is 0.222 e. The van der Waals surface area contributed by atoms with E-state index >= 15 is 0 Å². The van der Waals surface area contributed by atoms with Gasteiger partial charge in [0, 0.05) is 70.2 Å². The molecule has 2 heterocycles. The first-order valence-electron chi connectivity index (χ1n) is 13.3. The number of nitrogens with zero attached hydrogens (tertiary/aromatic N) is 4. The molecule has 0 saturated carbocycles. The van der Waals surface area contributed by atoms with Crippen molar-refractivity contribution in [3.63, 3.8) is 0 Å². The second kappa shape index (κ2) is 12.3. The van der Waals surface area contributed by atoms with E-state index in [9.17, 15) is 4.79 Å². The van der Waals surface area contributed by atoms with Gasteiger partial charge in [0.2, 0.25) is 5.91 Å². The minimum absolute atomic E-state index is 0.315. The van der Waals surface area contributed by atoms with Crippen LogP contribution in [-0.4, -0.2) is 86.6 Å². The molecule has 1 aliphatic carbocycles. The van der Waals surface area contributed by atoms with Crippen LogP contribution in [-0.2, 0) is 4.79 Å². The Morgan fingerprint density at radius 3 is 2.23 bits per heavy atom. The van der Waals surface area contributed by atoms with Crippen LogP contribution < -0.4 is 9.64 Å². The van der Waals surface area contributed by atoms with Gasteiger partial charge in [-0.2, -0.15) is 0 Å². The predicted octanol–water partition coefficient (Wildman–Crippen LogP) is 4.17. The van der Waals surface area contributed by atoms with Crippen LogP contribution >= 0.6 is 0 Å². The first-order chi connectivity index (χ1) is 17.0. The van der Waals surface area contributed by atoms with Crippen molar-refractivity contribution < 1.29 is 9.53 Å². The van der Waals surface area contributed by atoms with Gasteiger partial charge in [0.05, 0.1) is 7.11 Å². The minimum atomic E-state index is 0.315. The van der Waals surface area contributed by atoms with Crippen molar-refractivity contribution in [1.82, 2.24) is 14.7 Å². The number of rotatable bonds is 8. The number of piperazine rings is 2. The highest BCUT2D eigenvalue weighted by molar-refractivity contribution is 5.76. The van der Waals surface area contributed by atoms with Gasteiger partial charge in [0.1, 0.15) is 5.75 Å². The average Bonchev–Trinajstić information content (AvgIpc) is 3.16. The van der Waals surface area contributed by atoms with E-state index in [1.807, 2.05) is 12.1 Å². The molecule has 1 aromatic rings. The summed E-state index contributed by atoms with van der Waals surface area (Å²) in [7, 11) is 1.70. The molecule has 2 saturated heterocycles. The van der Waals surface area contributed by atoms with Crippen LogP contribution in [0.1, 0.15) is 33.1 Å². The SMILES string of the molecule is COc1ccc(N2CCN(CCCC(=O)N3CCN(C4=CCC=C(C(C)C)C=C4)CC3)CC2)cc1. The Hall–Kier alpha value is -2.73. The summed E-state index contributed by atoms with van der Waals surface area (Å²) < 4.78 is 5.26. The maximum atomic E-state index is 12.8. The highest BCUT2D eigenvalue weighted by atomic mass is 16.5. The average molecular weight is 479 g/mol. The van der Waals surface area contributed by atoms with E-state index < -0.39 is 0 Å². The predicted molar refractivity (Wildman–Crippen MR) is 144 cm³/mol. The second-order valence-electron chi connectivity index (χ2n) is 10.1. The quantitative estimate of drug-likeness (QED) is 0.561. The lowest BCUT2D eigenvalue weighted by Gasteiger charge is -2.37. The first kappa shape index (κ1) is 25.4. The summed E-state index contributed by atoms with van der Waals surface area (Å²) in [6.07, 6.45) is 11.7. The van der Waals surface area contributed by atoms with Gasteiger partial charge in [0.25, 0.3) is 0 Å². The van der Waals surface area contributed by atoms with Gasteiger partial charge in [-0.05, 0) is 61.2 Å². The van der Waals surface area contributed by atoms with Crippen LogP contribution in [0.3, 0.4) is 0 Å². The van der Waals surface area contributed by atoms with Crippen molar-refractivity contribution in [2.75, 3.05) is 70.9 Å². The monoisotopic (exact) mass is 478 g/mol. The second-order valence-corrected chi connectivity index (χ2v) is 10.1. The van der Waals surface area contributed by atoms with E-state index in [1.54, 1.807) is 7.11 Å². The zero-order valence-electron chi connectivity index (χ0n) is 21.8. The third-order valence-corrected chi connectivity index (χ3v) is 7.47. The van der Waals surface area contributed by atoms with Gasteiger partial charge >= 0.3 is 0 Å². The van der Waals surface area contributed by atoms with Crippen molar-refractivity contribution in [2.45, 2.75) is 33.1 Å². The fourth-order valence-electron chi connectivity index (χ4n) is 5.14. The number of amides is 1. The molecule has 35 heavy (non-hydrogen) atoms. The van der Waals surface area contributed by atoms with Crippen LogP contribution in [0.2, 0.25) is 0 Å². The molecule has 0 spiro atoms. The van der Waals surface area contributed by atoms with Gasteiger partial charge in [-0.1, -0.05) is 32.1 Å². The van der Waals surface area contributed by atoms with Crippen LogP contribution in [0.15, 0.2) is 59.8 Å². The van der Waals surface area contributed by atoms with Gasteiger partial charge in [-0.25, -0.2) is 0 Å². The number of hydrogen-bond donors (Lipinski definition) is 0.